The van der Waals surface area contributed by atoms with E-state index in [1.54, 1.807) is 15.3 Å². The first-order valence-electron chi connectivity index (χ1n) is 8.71. The molecular weight excluding hydrogens is 262 g/mol. The van der Waals surface area contributed by atoms with Crippen LogP contribution in [0.15, 0.2) is 6.07 Å². The zero-order chi connectivity index (χ0) is 13.8. The predicted octanol–water partition coefficient (Wildman–Crippen LogP) is 5.25. The van der Waals surface area contributed by atoms with Gasteiger partial charge in [-0.3, -0.25) is 0 Å². The van der Waals surface area contributed by atoms with Crippen molar-refractivity contribution in [1.82, 2.24) is 5.32 Å². The van der Waals surface area contributed by atoms with Gasteiger partial charge in [0.05, 0.1) is 0 Å². The Hall–Kier alpha value is -0.340. The maximum atomic E-state index is 3.82. The van der Waals surface area contributed by atoms with Crippen LogP contribution < -0.4 is 5.32 Å². The Bertz CT molecular complexity index is 396. The molecule has 1 heterocycles. The lowest BCUT2D eigenvalue weighted by Crippen LogP contribution is -2.26. The van der Waals surface area contributed by atoms with Crippen molar-refractivity contribution in [3.8, 4) is 0 Å². The number of nitrogens with one attached hydrogen (secondary N) is 1. The highest BCUT2D eigenvalue weighted by Crippen LogP contribution is 2.38. The fraction of sp³-hybridized carbons (Fsp3) is 0.778. The molecule has 2 aliphatic carbocycles. The molecule has 1 aromatic rings. The Morgan fingerprint density at radius 3 is 2.80 bits per heavy atom. The Balaban J connectivity index is 1.71. The lowest BCUT2D eigenvalue weighted by molar-refractivity contribution is 0.262. The fourth-order valence-corrected chi connectivity index (χ4v) is 4.89. The standard InChI is InChI=1S/C18H29NS/c1-2-11-19-16(12-14-7-6-8-14)18-13-15-9-4-3-5-10-17(15)20-18/h13-14,16,19H,2-12H2,1H3. The summed E-state index contributed by atoms with van der Waals surface area (Å²) in [6, 6.07) is 3.19. The molecule has 3 rings (SSSR count). The molecule has 20 heavy (non-hydrogen) atoms. The van der Waals surface area contributed by atoms with Gasteiger partial charge in [0, 0.05) is 15.8 Å². The monoisotopic (exact) mass is 291 g/mol. The molecule has 1 fully saturated rings. The third-order valence-corrected chi connectivity index (χ3v) is 6.39. The van der Waals surface area contributed by atoms with Gasteiger partial charge in [-0.15, -0.1) is 11.3 Å². The summed E-state index contributed by atoms with van der Waals surface area (Å²) in [6.45, 7) is 3.44. The molecule has 0 spiro atoms. The van der Waals surface area contributed by atoms with Gasteiger partial charge in [-0.05, 0) is 62.6 Å². The number of hydrogen-bond acceptors (Lipinski definition) is 2. The third kappa shape index (κ3) is 3.46. The van der Waals surface area contributed by atoms with Crippen LogP contribution in [0.4, 0.5) is 0 Å². The largest absolute Gasteiger partial charge is 0.309 e. The lowest BCUT2D eigenvalue weighted by Gasteiger charge is -2.30. The van der Waals surface area contributed by atoms with Crippen LogP contribution in [0.25, 0.3) is 0 Å². The summed E-state index contributed by atoms with van der Waals surface area (Å²) in [6.07, 6.45) is 13.9. The number of rotatable bonds is 6. The third-order valence-electron chi connectivity index (χ3n) is 5.04. The maximum absolute atomic E-state index is 3.82. The molecule has 0 amide bonds. The topological polar surface area (TPSA) is 12.0 Å². The predicted molar refractivity (Wildman–Crippen MR) is 88.6 cm³/mol. The van der Waals surface area contributed by atoms with Crippen LogP contribution in [0.5, 0.6) is 0 Å². The average Bonchev–Trinajstić information content (AvgIpc) is 2.68. The van der Waals surface area contributed by atoms with Crippen LogP contribution in [0, 0.1) is 5.92 Å². The highest BCUT2D eigenvalue weighted by molar-refractivity contribution is 7.12. The Morgan fingerprint density at radius 2 is 2.05 bits per heavy atom. The number of fused-ring (bicyclic) bond motifs is 1. The molecule has 0 aromatic carbocycles. The molecule has 1 unspecified atom stereocenters. The molecule has 1 N–H and O–H groups in total. The van der Waals surface area contributed by atoms with Crippen LogP contribution in [0.2, 0.25) is 0 Å². The molecular formula is C18H29NS. The Morgan fingerprint density at radius 1 is 1.20 bits per heavy atom. The first-order chi connectivity index (χ1) is 9.86. The van der Waals surface area contributed by atoms with Crippen molar-refractivity contribution < 1.29 is 0 Å². The van der Waals surface area contributed by atoms with E-state index in [9.17, 15) is 0 Å². The second kappa shape index (κ2) is 7.09. The highest BCUT2D eigenvalue weighted by atomic mass is 32.1. The molecule has 112 valence electrons. The second-order valence-corrected chi connectivity index (χ2v) is 7.87. The minimum atomic E-state index is 0.636. The van der Waals surface area contributed by atoms with Crippen molar-refractivity contribution in [3.63, 3.8) is 0 Å². The SMILES string of the molecule is CCCNC(CC1CCC1)c1cc2c(s1)CCCCC2. The van der Waals surface area contributed by atoms with Gasteiger partial charge in [0.25, 0.3) is 0 Å². The van der Waals surface area contributed by atoms with E-state index in [-0.39, 0.29) is 0 Å². The summed E-state index contributed by atoms with van der Waals surface area (Å²) < 4.78 is 0. The van der Waals surface area contributed by atoms with Crippen LogP contribution in [0.1, 0.15) is 79.6 Å². The van der Waals surface area contributed by atoms with Crippen molar-refractivity contribution in [2.45, 2.75) is 77.2 Å². The van der Waals surface area contributed by atoms with E-state index < -0.39 is 0 Å². The van der Waals surface area contributed by atoms with Gasteiger partial charge >= 0.3 is 0 Å². The molecule has 1 atom stereocenters. The van der Waals surface area contributed by atoms with Crippen LogP contribution in [-0.2, 0) is 12.8 Å². The first kappa shape index (κ1) is 14.6. The fourth-order valence-electron chi connectivity index (χ4n) is 3.54. The Kier molecular flexibility index (Phi) is 5.17. The summed E-state index contributed by atoms with van der Waals surface area (Å²) in [4.78, 5) is 3.34. The second-order valence-electron chi connectivity index (χ2n) is 6.70. The van der Waals surface area contributed by atoms with Gasteiger partial charge < -0.3 is 5.32 Å². The molecule has 1 nitrogen and oxygen atoms in total. The summed E-state index contributed by atoms with van der Waals surface area (Å²) in [7, 11) is 0. The van der Waals surface area contributed by atoms with E-state index in [1.807, 2.05) is 0 Å². The van der Waals surface area contributed by atoms with Crippen molar-refractivity contribution in [1.29, 1.82) is 0 Å². The molecule has 0 aliphatic heterocycles. The molecule has 0 saturated heterocycles. The van der Waals surface area contributed by atoms with E-state index in [0.717, 1.165) is 5.92 Å². The quantitative estimate of drug-likeness (QED) is 0.706. The van der Waals surface area contributed by atoms with Crippen molar-refractivity contribution >= 4 is 11.3 Å². The average molecular weight is 292 g/mol. The van der Waals surface area contributed by atoms with E-state index in [4.69, 9.17) is 0 Å². The summed E-state index contributed by atoms with van der Waals surface area (Å²) >= 11 is 2.12. The summed E-state index contributed by atoms with van der Waals surface area (Å²) in [5.41, 5.74) is 1.68. The lowest BCUT2D eigenvalue weighted by atomic mass is 9.80. The van der Waals surface area contributed by atoms with E-state index in [1.165, 1.54) is 70.8 Å². The normalized spacial score (nSPS) is 21.1. The zero-order valence-electron chi connectivity index (χ0n) is 12.9. The van der Waals surface area contributed by atoms with Crippen LogP contribution in [0.3, 0.4) is 0 Å². The molecule has 0 radical (unpaired) electrons. The molecule has 2 heteroatoms. The van der Waals surface area contributed by atoms with Gasteiger partial charge in [0.2, 0.25) is 0 Å². The minimum absolute atomic E-state index is 0.636. The van der Waals surface area contributed by atoms with Crippen molar-refractivity contribution in [2.75, 3.05) is 6.54 Å². The first-order valence-corrected chi connectivity index (χ1v) is 9.53. The molecule has 2 aliphatic rings. The minimum Gasteiger partial charge on any atom is -0.309 e. The van der Waals surface area contributed by atoms with Crippen molar-refractivity contribution in [2.24, 2.45) is 5.92 Å². The van der Waals surface area contributed by atoms with E-state index >= 15 is 0 Å². The number of thiophene rings is 1. The van der Waals surface area contributed by atoms with Crippen molar-refractivity contribution in [3.05, 3.63) is 21.4 Å². The van der Waals surface area contributed by atoms with Gasteiger partial charge in [0.1, 0.15) is 0 Å². The maximum Gasteiger partial charge on any atom is 0.0417 e. The zero-order valence-corrected chi connectivity index (χ0v) is 13.7. The van der Waals surface area contributed by atoms with Crippen LogP contribution >= 0.6 is 11.3 Å². The van der Waals surface area contributed by atoms with Gasteiger partial charge in [-0.2, -0.15) is 0 Å². The van der Waals surface area contributed by atoms with Gasteiger partial charge in [0.15, 0.2) is 0 Å². The molecule has 1 aromatic heterocycles. The van der Waals surface area contributed by atoms with E-state index in [0.29, 0.717) is 6.04 Å². The van der Waals surface area contributed by atoms with Gasteiger partial charge in [-0.1, -0.05) is 32.6 Å². The molecule has 1 saturated carbocycles. The van der Waals surface area contributed by atoms with E-state index in [2.05, 4.69) is 29.6 Å². The number of aryl methyl sites for hydroxylation is 2. The van der Waals surface area contributed by atoms with Gasteiger partial charge in [-0.25, -0.2) is 0 Å². The molecule has 0 bridgehead atoms. The Labute approximate surface area is 128 Å². The summed E-state index contributed by atoms with van der Waals surface area (Å²) in [5.74, 6) is 0.992. The summed E-state index contributed by atoms with van der Waals surface area (Å²) in [5, 5.41) is 3.82. The number of hydrogen-bond donors (Lipinski definition) is 1. The smallest absolute Gasteiger partial charge is 0.0417 e. The van der Waals surface area contributed by atoms with Crippen LogP contribution in [-0.4, -0.2) is 6.54 Å². The highest BCUT2D eigenvalue weighted by Gasteiger charge is 2.25.